The lowest BCUT2D eigenvalue weighted by Gasteiger charge is -2.35. The maximum absolute atomic E-state index is 13.2. The number of anilines is 2. The van der Waals surface area contributed by atoms with Crippen molar-refractivity contribution in [2.75, 3.05) is 50.1 Å². The summed E-state index contributed by atoms with van der Waals surface area (Å²) in [5.41, 5.74) is 3.16. The standard InChI is InChI=1S/C23H29N7O2/c1-5-24-23-25-16(2)13-21(26-23)29-9-11-30(12-10-29)22(31)20-15-19(27-28(20)3)17-7-6-8-18(14-17)32-4/h6-8,13-15H,5,9-12H2,1-4H3,(H,24,25,26). The summed E-state index contributed by atoms with van der Waals surface area (Å²) in [5.74, 6) is 2.28. The average molecular weight is 436 g/mol. The number of hydrogen-bond donors (Lipinski definition) is 1. The van der Waals surface area contributed by atoms with Gasteiger partial charge in [0.05, 0.1) is 12.8 Å². The highest BCUT2D eigenvalue weighted by Gasteiger charge is 2.26. The van der Waals surface area contributed by atoms with Crippen LogP contribution in [0.2, 0.25) is 0 Å². The van der Waals surface area contributed by atoms with Crippen LogP contribution in [0.25, 0.3) is 11.3 Å². The molecule has 1 saturated heterocycles. The third-order valence-corrected chi connectivity index (χ3v) is 5.53. The van der Waals surface area contributed by atoms with E-state index in [0.29, 0.717) is 37.8 Å². The predicted octanol–water partition coefficient (Wildman–Crippen LogP) is 2.59. The molecule has 4 rings (SSSR count). The van der Waals surface area contributed by atoms with Gasteiger partial charge in [0.15, 0.2) is 0 Å². The van der Waals surface area contributed by atoms with Crippen molar-refractivity contribution < 1.29 is 9.53 Å². The van der Waals surface area contributed by atoms with Crippen LogP contribution in [0.4, 0.5) is 11.8 Å². The number of aromatic nitrogens is 4. The Morgan fingerprint density at radius 1 is 1.12 bits per heavy atom. The van der Waals surface area contributed by atoms with Gasteiger partial charge >= 0.3 is 0 Å². The second-order valence-electron chi connectivity index (χ2n) is 7.77. The maximum Gasteiger partial charge on any atom is 0.272 e. The van der Waals surface area contributed by atoms with E-state index >= 15 is 0 Å². The number of piperazine rings is 1. The number of nitrogens with one attached hydrogen (secondary N) is 1. The molecule has 0 bridgehead atoms. The summed E-state index contributed by atoms with van der Waals surface area (Å²) < 4.78 is 6.96. The van der Waals surface area contributed by atoms with Gasteiger partial charge in [0.25, 0.3) is 5.91 Å². The first-order chi connectivity index (χ1) is 15.5. The molecule has 1 aromatic carbocycles. The van der Waals surface area contributed by atoms with E-state index in [-0.39, 0.29) is 5.91 Å². The monoisotopic (exact) mass is 435 g/mol. The van der Waals surface area contributed by atoms with Crippen LogP contribution >= 0.6 is 0 Å². The van der Waals surface area contributed by atoms with E-state index in [1.807, 2.05) is 55.1 Å². The van der Waals surface area contributed by atoms with Gasteiger partial charge in [0.1, 0.15) is 17.3 Å². The molecular formula is C23H29N7O2. The van der Waals surface area contributed by atoms with Crippen molar-refractivity contribution in [3.63, 3.8) is 0 Å². The number of carbonyl (C=O) groups is 1. The highest BCUT2D eigenvalue weighted by molar-refractivity contribution is 5.94. The molecule has 0 aliphatic carbocycles. The Kier molecular flexibility index (Phi) is 6.25. The lowest BCUT2D eigenvalue weighted by atomic mass is 10.1. The van der Waals surface area contributed by atoms with Gasteiger partial charge in [-0.05, 0) is 32.0 Å². The second-order valence-corrected chi connectivity index (χ2v) is 7.77. The van der Waals surface area contributed by atoms with Crippen molar-refractivity contribution in [1.82, 2.24) is 24.6 Å². The minimum Gasteiger partial charge on any atom is -0.497 e. The highest BCUT2D eigenvalue weighted by atomic mass is 16.5. The Labute approximate surface area is 188 Å². The van der Waals surface area contributed by atoms with Crippen molar-refractivity contribution in [3.8, 4) is 17.0 Å². The van der Waals surface area contributed by atoms with Gasteiger partial charge in [-0.2, -0.15) is 10.1 Å². The Morgan fingerprint density at radius 2 is 1.91 bits per heavy atom. The summed E-state index contributed by atoms with van der Waals surface area (Å²) in [7, 11) is 3.44. The fourth-order valence-corrected chi connectivity index (χ4v) is 3.84. The van der Waals surface area contributed by atoms with Crippen LogP contribution in [0.5, 0.6) is 5.75 Å². The van der Waals surface area contributed by atoms with Crippen LogP contribution in [0, 0.1) is 6.92 Å². The largest absolute Gasteiger partial charge is 0.497 e. The summed E-state index contributed by atoms with van der Waals surface area (Å²) in [4.78, 5) is 26.3. The normalized spacial score (nSPS) is 13.9. The third kappa shape index (κ3) is 4.51. The molecule has 0 saturated carbocycles. The molecule has 3 heterocycles. The molecule has 1 N–H and O–H groups in total. The fourth-order valence-electron chi connectivity index (χ4n) is 3.84. The molecule has 32 heavy (non-hydrogen) atoms. The molecule has 0 radical (unpaired) electrons. The summed E-state index contributed by atoms with van der Waals surface area (Å²) in [6.45, 7) is 7.44. The Balaban J connectivity index is 1.45. The summed E-state index contributed by atoms with van der Waals surface area (Å²) in [6, 6.07) is 11.5. The number of aryl methyl sites for hydroxylation is 2. The molecule has 9 nitrogen and oxygen atoms in total. The molecular weight excluding hydrogens is 406 g/mol. The average Bonchev–Trinajstić information content (AvgIpc) is 3.20. The number of carbonyl (C=O) groups excluding carboxylic acids is 1. The van der Waals surface area contributed by atoms with Gasteiger partial charge in [-0.15, -0.1) is 0 Å². The molecule has 1 aliphatic rings. The lowest BCUT2D eigenvalue weighted by Crippen LogP contribution is -2.49. The zero-order valence-electron chi connectivity index (χ0n) is 19.0. The summed E-state index contributed by atoms with van der Waals surface area (Å²) >= 11 is 0. The van der Waals surface area contributed by atoms with Gasteiger partial charge in [-0.1, -0.05) is 12.1 Å². The van der Waals surface area contributed by atoms with Gasteiger partial charge in [-0.25, -0.2) is 4.98 Å². The SMILES string of the molecule is CCNc1nc(C)cc(N2CCN(C(=O)c3cc(-c4cccc(OC)c4)nn3C)CC2)n1. The predicted molar refractivity (Wildman–Crippen MR) is 124 cm³/mol. The Bertz CT molecular complexity index is 1100. The second kappa shape index (κ2) is 9.25. The molecule has 1 aliphatic heterocycles. The van der Waals surface area contributed by atoms with Crippen LogP contribution < -0.4 is 15.0 Å². The van der Waals surface area contributed by atoms with Crippen molar-refractivity contribution in [3.05, 3.63) is 47.8 Å². The molecule has 1 fully saturated rings. The number of hydrogen-bond acceptors (Lipinski definition) is 7. The molecule has 0 atom stereocenters. The van der Waals surface area contributed by atoms with E-state index in [9.17, 15) is 4.79 Å². The lowest BCUT2D eigenvalue weighted by molar-refractivity contribution is 0.0735. The van der Waals surface area contributed by atoms with E-state index in [1.54, 1.807) is 18.8 Å². The van der Waals surface area contributed by atoms with Crippen molar-refractivity contribution >= 4 is 17.7 Å². The van der Waals surface area contributed by atoms with E-state index in [4.69, 9.17) is 4.74 Å². The number of nitrogens with zero attached hydrogens (tertiary/aromatic N) is 6. The summed E-state index contributed by atoms with van der Waals surface area (Å²) in [6.07, 6.45) is 0. The van der Waals surface area contributed by atoms with Crippen LogP contribution in [-0.2, 0) is 7.05 Å². The molecule has 2 aromatic heterocycles. The number of rotatable bonds is 6. The van der Waals surface area contributed by atoms with Crippen molar-refractivity contribution in [2.24, 2.45) is 7.05 Å². The minimum absolute atomic E-state index is 0.0130. The maximum atomic E-state index is 13.2. The van der Waals surface area contributed by atoms with Gasteiger partial charge in [0, 0.05) is 57.1 Å². The topological polar surface area (TPSA) is 88.4 Å². The smallest absolute Gasteiger partial charge is 0.272 e. The first kappa shape index (κ1) is 21.6. The minimum atomic E-state index is -0.0130. The number of benzene rings is 1. The van der Waals surface area contributed by atoms with E-state index < -0.39 is 0 Å². The zero-order chi connectivity index (χ0) is 22.7. The van der Waals surface area contributed by atoms with E-state index in [0.717, 1.165) is 35.1 Å². The van der Waals surface area contributed by atoms with Gasteiger partial charge in [-0.3, -0.25) is 9.48 Å². The molecule has 9 heteroatoms. The van der Waals surface area contributed by atoms with E-state index in [1.165, 1.54) is 0 Å². The first-order valence-electron chi connectivity index (χ1n) is 10.8. The number of ether oxygens (including phenoxy) is 1. The Morgan fingerprint density at radius 3 is 2.62 bits per heavy atom. The molecule has 1 amide bonds. The van der Waals surface area contributed by atoms with Crippen LogP contribution in [0.3, 0.4) is 0 Å². The summed E-state index contributed by atoms with van der Waals surface area (Å²) in [5, 5.41) is 7.73. The number of amides is 1. The van der Waals surface area contributed by atoms with E-state index in [2.05, 4.69) is 25.3 Å². The number of methoxy groups -OCH3 is 1. The van der Waals surface area contributed by atoms with Crippen molar-refractivity contribution in [1.29, 1.82) is 0 Å². The molecule has 168 valence electrons. The molecule has 0 unspecified atom stereocenters. The third-order valence-electron chi connectivity index (χ3n) is 5.53. The van der Waals surface area contributed by atoms with Crippen LogP contribution in [0.1, 0.15) is 23.1 Å². The van der Waals surface area contributed by atoms with Gasteiger partial charge < -0.3 is 19.9 Å². The van der Waals surface area contributed by atoms with Gasteiger partial charge in [0.2, 0.25) is 5.95 Å². The van der Waals surface area contributed by atoms with Crippen LogP contribution in [-0.4, -0.2) is 70.4 Å². The molecule has 3 aromatic rings. The first-order valence-corrected chi connectivity index (χ1v) is 10.8. The Hall–Kier alpha value is -3.62. The van der Waals surface area contributed by atoms with Crippen LogP contribution in [0.15, 0.2) is 36.4 Å². The quantitative estimate of drug-likeness (QED) is 0.637. The van der Waals surface area contributed by atoms with Crippen molar-refractivity contribution in [2.45, 2.75) is 13.8 Å². The zero-order valence-corrected chi connectivity index (χ0v) is 19.0. The molecule has 0 spiro atoms. The fraction of sp³-hybridized carbons (Fsp3) is 0.391. The highest BCUT2D eigenvalue weighted by Crippen LogP contribution is 2.24.